The van der Waals surface area contributed by atoms with Crippen molar-refractivity contribution in [3.8, 4) is 11.5 Å². The number of anilines is 2. The zero-order valence-electron chi connectivity index (χ0n) is 21.1. The lowest BCUT2D eigenvalue weighted by atomic mass is 9.83. The maximum absolute atomic E-state index is 13.8. The van der Waals surface area contributed by atoms with E-state index in [2.05, 4.69) is 10.3 Å². The van der Waals surface area contributed by atoms with Crippen LogP contribution in [0.3, 0.4) is 0 Å². The van der Waals surface area contributed by atoms with E-state index in [-0.39, 0.29) is 35.0 Å². The summed E-state index contributed by atoms with van der Waals surface area (Å²) >= 11 is 2.26. The van der Waals surface area contributed by atoms with Gasteiger partial charge in [0.1, 0.15) is 16.7 Å². The Hall–Kier alpha value is -4.35. The molecule has 2 aliphatic rings. The molecule has 6 rings (SSSR count). The lowest BCUT2D eigenvalue weighted by Gasteiger charge is -2.30. The van der Waals surface area contributed by atoms with Crippen LogP contribution < -0.4 is 19.8 Å². The zero-order valence-corrected chi connectivity index (χ0v) is 22.8. The predicted molar refractivity (Wildman–Crippen MR) is 152 cm³/mol. The standard InChI is InChI=1S/C29H23N3O6S2/c1-15-5-9-18(10-6-15)32-27(35)23-22(24-26(31-29(37)40-24)39-25(23)28(32)36)16-3-2-4-20(13-16)38-14-21(34)30-17-7-11-19(33)12-8-17/h2-13,22-23,25,33H,14H2,1H3,(H,30,34)(H,31,37)/t22-,23?,25?/m1/s1. The van der Waals surface area contributed by atoms with E-state index in [1.807, 2.05) is 25.1 Å². The fourth-order valence-electron chi connectivity index (χ4n) is 5.01. The third-order valence-corrected chi connectivity index (χ3v) is 9.26. The molecule has 3 heterocycles. The highest BCUT2D eigenvalue weighted by molar-refractivity contribution is 8.00. The molecule has 1 saturated heterocycles. The molecule has 40 heavy (non-hydrogen) atoms. The van der Waals surface area contributed by atoms with Crippen LogP contribution in [-0.2, 0) is 14.4 Å². The Bertz CT molecular complexity index is 1680. The summed E-state index contributed by atoms with van der Waals surface area (Å²) in [5, 5.41) is 12.0. The molecule has 11 heteroatoms. The molecule has 0 spiro atoms. The summed E-state index contributed by atoms with van der Waals surface area (Å²) < 4.78 is 5.75. The predicted octanol–water partition coefficient (Wildman–Crippen LogP) is 4.26. The number of nitrogens with zero attached hydrogens (tertiary/aromatic N) is 1. The number of aromatic hydroxyl groups is 1. The van der Waals surface area contributed by atoms with Gasteiger partial charge in [-0.2, -0.15) is 0 Å². The number of benzene rings is 3. The highest BCUT2D eigenvalue weighted by Gasteiger charge is 2.56. The molecule has 0 bridgehead atoms. The van der Waals surface area contributed by atoms with Crippen LogP contribution in [0, 0.1) is 12.8 Å². The van der Waals surface area contributed by atoms with Crippen molar-refractivity contribution in [2.45, 2.75) is 23.1 Å². The van der Waals surface area contributed by atoms with Gasteiger partial charge in [0, 0.05) is 16.5 Å². The number of thioether (sulfide) groups is 1. The molecule has 202 valence electrons. The highest BCUT2D eigenvalue weighted by atomic mass is 32.2. The number of carbonyl (C=O) groups excluding carboxylic acids is 3. The summed E-state index contributed by atoms with van der Waals surface area (Å²) in [5.41, 5.74) is 2.75. The Labute approximate surface area is 236 Å². The summed E-state index contributed by atoms with van der Waals surface area (Å²) in [6.07, 6.45) is 0. The summed E-state index contributed by atoms with van der Waals surface area (Å²) in [6.45, 7) is 1.67. The van der Waals surface area contributed by atoms with Gasteiger partial charge in [0.15, 0.2) is 6.61 Å². The molecule has 2 unspecified atom stereocenters. The number of amides is 3. The van der Waals surface area contributed by atoms with Gasteiger partial charge in [-0.15, -0.1) is 0 Å². The van der Waals surface area contributed by atoms with Gasteiger partial charge in [-0.25, -0.2) is 4.90 Å². The Morgan fingerprint density at radius 1 is 1.02 bits per heavy atom. The van der Waals surface area contributed by atoms with Gasteiger partial charge in [0.25, 0.3) is 5.91 Å². The van der Waals surface area contributed by atoms with Gasteiger partial charge in [0.05, 0.1) is 16.6 Å². The Morgan fingerprint density at radius 3 is 2.52 bits per heavy atom. The van der Waals surface area contributed by atoms with Crippen molar-refractivity contribution in [1.82, 2.24) is 4.98 Å². The van der Waals surface area contributed by atoms with Crippen LogP contribution in [0.25, 0.3) is 0 Å². The van der Waals surface area contributed by atoms with Crippen LogP contribution in [-0.4, -0.2) is 39.7 Å². The Balaban J connectivity index is 1.28. The molecule has 1 fully saturated rings. The topological polar surface area (TPSA) is 129 Å². The lowest BCUT2D eigenvalue weighted by molar-refractivity contribution is -0.122. The minimum absolute atomic E-state index is 0.0921. The van der Waals surface area contributed by atoms with Crippen LogP contribution >= 0.6 is 23.1 Å². The summed E-state index contributed by atoms with van der Waals surface area (Å²) in [7, 11) is 0. The first-order valence-corrected chi connectivity index (χ1v) is 14.1. The summed E-state index contributed by atoms with van der Waals surface area (Å²) in [6, 6.07) is 20.4. The average Bonchev–Trinajstić information content (AvgIpc) is 3.43. The van der Waals surface area contributed by atoms with E-state index in [0.717, 1.165) is 16.9 Å². The minimum Gasteiger partial charge on any atom is -0.508 e. The molecule has 4 aromatic rings. The zero-order chi connectivity index (χ0) is 28.0. The number of aryl methyl sites for hydroxylation is 1. The van der Waals surface area contributed by atoms with Gasteiger partial charge >= 0.3 is 4.87 Å². The SMILES string of the molecule is Cc1ccc(N2C(=O)C3Sc4[nH]c(=O)sc4[C@H](c4cccc(OCC(=O)Nc5ccc(O)cc5)c4)C3C2=O)cc1. The van der Waals surface area contributed by atoms with Crippen molar-refractivity contribution < 1.29 is 24.2 Å². The average molecular weight is 574 g/mol. The van der Waals surface area contributed by atoms with Gasteiger partial charge in [-0.1, -0.05) is 52.9 Å². The highest BCUT2D eigenvalue weighted by Crippen LogP contribution is 2.53. The largest absolute Gasteiger partial charge is 0.508 e. The molecule has 3 aromatic carbocycles. The number of rotatable bonds is 6. The van der Waals surface area contributed by atoms with Gasteiger partial charge in [-0.05, 0) is 61.0 Å². The van der Waals surface area contributed by atoms with Crippen molar-refractivity contribution in [2.75, 3.05) is 16.8 Å². The third-order valence-electron chi connectivity index (χ3n) is 6.85. The number of aromatic nitrogens is 1. The number of phenols is 1. The van der Waals surface area contributed by atoms with E-state index < -0.39 is 17.1 Å². The van der Waals surface area contributed by atoms with Crippen molar-refractivity contribution >= 4 is 52.2 Å². The molecule has 0 aliphatic carbocycles. The van der Waals surface area contributed by atoms with Crippen LogP contribution in [0.1, 0.15) is 21.9 Å². The molecule has 0 radical (unpaired) electrons. The minimum atomic E-state index is -0.717. The number of hydrogen-bond donors (Lipinski definition) is 3. The number of aromatic amines is 1. The fourth-order valence-corrected chi connectivity index (χ4v) is 7.53. The number of fused-ring (bicyclic) bond motifs is 2. The molecule has 1 aromatic heterocycles. The van der Waals surface area contributed by atoms with Gasteiger partial charge in [0.2, 0.25) is 11.8 Å². The molecule has 2 aliphatic heterocycles. The second-order valence-corrected chi connectivity index (χ2v) is 11.7. The van der Waals surface area contributed by atoms with Crippen LogP contribution in [0.4, 0.5) is 11.4 Å². The van der Waals surface area contributed by atoms with Crippen LogP contribution in [0.5, 0.6) is 11.5 Å². The molecular formula is C29H23N3O6S2. The number of H-pyrrole nitrogens is 1. The maximum Gasteiger partial charge on any atom is 0.305 e. The van der Waals surface area contributed by atoms with E-state index in [1.54, 1.807) is 42.5 Å². The number of carbonyl (C=O) groups is 3. The van der Waals surface area contributed by atoms with Crippen molar-refractivity contribution in [3.63, 3.8) is 0 Å². The van der Waals surface area contributed by atoms with E-state index in [4.69, 9.17) is 4.74 Å². The van der Waals surface area contributed by atoms with Gasteiger partial charge < -0.3 is 20.1 Å². The quantitative estimate of drug-likeness (QED) is 0.232. The molecule has 3 atom stereocenters. The van der Waals surface area contributed by atoms with Crippen molar-refractivity contribution in [1.29, 1.82) is 0 Å². The monoisotopic (exact) mass is 573 g/mol. The fraction of sp³-hybridized carbons (Fsp3) is 0.172. The normalized spacial score (nSPS) is 19.7. The van der Waals surface area contributed by atoms with E-state index in [0.29, 0.717) is 32.6 Å². The van der Waals surface area contributed by atoms with Crippen LogP contribution in [0.2, 0.25) is 0 Å². The second-order valence-electron chi connectivity index (χ2n) is 9.55. The number of thiazole rings is 1. The number of ether oxygens (including phenoxy) is 1. The molecular weight excluding hydrogens is 550 g/mol. The van der Waals surface area contributed by atoms with E-state index in [1.165, 1.54) is 28.8 Å². The summed E-state index contributed by atoms with van der Waals surface area (Å²) in [5.74, 6) is -1.79. The second kappa shape index (κ2) is 10.3. The van der Waals surface area contributed by atoms with Crippen LogP contribution in [0.15, 0.2) is 82.6 Å². The Morgan fingerprint density at radius 2 is 1.77 bits per heavy atom. The Kier molecular flexibility index (Phi) is 6.68. The van der Waals surface area contributed by atoms with E-state index >= 15 is 0 Å². The third kappa shape index (κ3) is 4.78. The maximum atomic E-state index is 13.8. The van der Waals surface area contributed by atoms with Crippen molar-refractivity contribution in [2.24, 2.45) is 5.92 Å². The summed E-state index contributed by atoms with van der Waals surface area (Å²) in [4.78, 5) is 56.7. The number of imide groups is 1. The molecule has 3 N–H and O–H groups in total. The smallest absolute Gasteiger partial charge is 0.305 e. The van der Waals surface area contributed by atoms with E-state index in [9.17, 15) is 24.3 Å². The van der Waals surface area contributed by atoms with Crippen molar-refractivity contribution in [3.05, 3.63) is 98.5 Å². The molecule has 3 amide bonds. The molecule has 9 nitrogen and oxygen atoms in total. The first-order valence-electron chi connectivity index (χ1n) is 12.4. The van der Waals surface area contributed by atoms with Gasteiger partial charge in [-0.3, -0.25) is 19.2 Å². The number of hydrogen-bond acceptors (Lipinski definition) is 8. The first kappa shape index (κ1) is 25.9. The number of phenolic OH excluding ortho intramolecular Hbond substituents is 1. The first-order chi connectivity index (χ1) is 19.3. The lowest BCUT2D eigenvalue weighted by Crippen LogP contribution is -2.32. The molecule has 0 saturated carbocycles. The number of nitrogens with one attached hydrogen (secondary N) is 2.